The molecule has 0 amide bonds. The maximum atomic E-state index is 6.15. The Balaban J connectivity index is 1.22. The van der Waals surface area contributed by atoms with Crippen LogP contribution in [0, 0.1) is 5.92 Å². The fourth-order valence-electron chi connectivity index (χ4n) is 4.05. The fourth-order valence-corrected chi connectivity index (χ4v) is 4.05. The van der Waals surface area contributed by atoms with E-state index in [4.69, 9.17) is 9.47 Å². The molecule has 0 unspecified atom stereocenters. The quantitative estimate of drug-likeness (QED) is 0.806. The Kier molecular flexibility index (Phi) is 4.72. The first kappa shape index (κ1) is 16.5. The van der Waals surface area contributed by atoms with Gasteiger partial charge in [0.15, 0.2) is 0 Å². The van der Waals surface area contributed by atoms with E-state index < -0.39 is 0 Å². The Labute approximate surface area is 148 Å². The molecule has 4 heterocycles. The van der Waals surface area contributed by atoms with Crippen molar-refractivity contribution in [2.45, 2.75) is 31.4 Å². The molecular weight excluding hydrogens is 316 g/mol. The molecule has 2 saturated heterocycles. The highest BCUT2D eigenvalue weighted by Crippen LogP contribution is 2.38. The highest BCUT2D eigenvalue weighted by Gasteiger charge is 2.47. The van der Waals surface area contributed by atoms with Crippen LogP contribution < -0.4 is 4.74 Å². The summed E-state index contributed by atoms with van der Waals surface area (Å²) in [6.07, 6.45) is 9.15. The van der Waals surface area contributed by atoms with Gasteiger partial charge in [-0.3, -0.25) is 9.58 Å². The maximum absolute atomic E-state index is 6.15. The number of aryl methyl sites for hydroxylation is 1. The number of likely N-dealkylation sites (tertiary alicyclic amines) is 1. The Morgan fingerprint density at radius 2 is 2.28 bits per heavy atom. The average molecular weight is 342 g/mol. The number of ether oxygens (including phenoxy) is 2. The van der Waals surface area contributed by atoms with Crippen molar-refractivity contribution in [1.82, 2.24) is 19.7 Å². The zero-order valence-corrected chi connectivity index (χ0v) is 14.8. The third-order valence-electron chi connectivity index (χ3n) is 5.20. The molecule has 134 valence electrons. The lowest BCUT2D eigenvalue weighted by molar-refractivity contribution is -0.182. The lowest BCUT2D eigenvalue weighted by Crippen LogP contribution is -2.64. The standard InChI is InChI=1S/C19H26N4O2/c1-22-12-17(11-21-22)13-23-14-19(15-23)10-16(6-9-25-19)5-8-24-18-4-2-3-7-20-18/h2-4,7,11-12,16H,5-6,8-10,13-15H2,1H3/t16-/m0/s1. The summed E-state index contributed by atoms with van der Waals surface area (Å²) in [5.41, 5.74) is 1.34. The molecule has 0 aromatic carbocycles. The third kappa shape index (κ3) is 4.02. The number of pyridine rings is 1. The van der Waals surface area contributed by atoms with Crippen LogP contribution in [-0.2, 0) is 18.3 Å². The van der Waals surface area contributed by atoms with Crippen LogP contribution in [0.15, 0.2) is 36.8 Å². The van der Waals surface area contributed by atoms with Gasteiger partial charge in [0.25, 0.3) is 0 Å². The topological polar surface area (TPSA) is 52.4 Å². The Morgan fingerprint density at radius 1 is 1.36 bits per heavy atom. The second kappa shape index (κ2) is 7.14. The molecule has 2 aliphatic rings. The van der Waals surface area contributed by atoms with Crippen LogP contribution in [0.5, 0.6) is 5.88 Å². The van der Waals surface area contributed by atoms with E-state index in [-0.39, 0.29) is 5.60 Å². The largest absolute Gasteiger partial charge is 0.478 e. The van der Waals surface area contributed by atoms with Crippen LogP contribution in [0.4, 0.5) is 0 Å². The van der Waals surface area contributed by atoms with Crippen LogP contribution in [0.2, 0.25) is 0 Å². The zero-order valence-electron chi connectivity index (χ0n) is 14.8. The molecule has 2 aromatic heterocycles. The van der Waals surface area contributed by atoms with Crippen molar-refractivity contribution in [3.05, 3.63) is 42.4 Å². The van der Waals surface area contributed by atoms with Crippen molar-refractivity contribution in [3.63, 3.8) is 0 Å². The van der Waals surface area contributed by atoms with E-state index in [1.165, 1.54) is 5.56 Å². The fraction of sp³-hybridized carbons (Fsp3) is 0.579. The summed E-state index contributed by atoms with van der Waals surface area (Å²) in [6.45, 7) is 4.62. The summed E-state index contributed by atoms with van der Waals surface area (Å²) in [6, 6.07) is 5.77. The van der Waals surface area contributed by atoms with Crippen LogP contribution >= 0.6 is 0 Å². The molecule has 6 heteroatoms. The first-order valence-corrected chi connectivity index (χ1v) is 9.08. The Hall–Kier alpha value is -1.92. The van der Waals surface area contributed by atoms with Crippen molar-refractivity contribution in [2.75, 3.05) is 26.3 Å². The lowest BCUT2D eigenvalue weighted by atomic mass is 9.79. The van der Waals surface area contributed by atoms with Crippen LogP contribution in [-0.4, -0.2) is 51.6 Å². The van der Waals surface area contributed by atoms with Gasteiger partial charge < -0.3 is 9.47 Å². The predicted octanol–water partition coefficient (Wildman–Crippen LogP) is 2.27. The first-order valence-electron chi connectivity index (χ1n) is 9.08. The molecule has 2 aromatic rings. The predicted molar refractivity (Wildman–Crippen MR) is 94.2 cm³/mol. The van der Waals surface area contributed by atoms with Gasteiger partial charge in [-0.05, 0) is 31.2 Å². The number of aromatic nitrogens is 3. The third-order valence-corrected chi connectivity index (χ3v) is 5.20. The average Bonchev–Trinajstić information content (AvgIpc) is 3.00. The second-order valence-electron chi connectivity index (χ2n) is 7.36. The van der Waals surface area contributed by atoms with Crippen molar-refractivity contribution in [1.29, 1.82) is 0 Å². The minimum absolute atomic E-state index is 0.0656. The first-order chi connectivity index (χ1) is 12.2. The second-order valence-corrected chi connectivity index (χ2v) is 7.36. The van der Waals surface area contributed by atoms with Crippen LogP contribution in [0.3, 0.4) is 0 Å². The molecule has 4 rings (SSSR count). The van der Waals surface area contributed by atoms with Gasteiger partial charge in [0, 0.05) is 57.3 Å². The number of nitrogens with zero attached hydrogens (tertiary/aromatic N) is 4. The monoisotopic (exact) mass is 342 g/mol. The van der Waals surface area contributed by atoms with Gasteiger partial charge in [0.05, 0.1) is 18.4 Å². The van der Waals surface area contributed by atoms with E-state index >= 15 is 0 Å². The molecule has 2 aliphatic heterocycles. The molecule has 0 bridgehead atoms. The normalized spacial score (nSPS) is 22.7. The van der Waals surface area contributed by atoms with Gasteiger partial charge in [-0.2, -0.15) is 5.10 Å². The summed E-state index contributed by atoms with van der Waals surface area (Å²) in [4.78, 5) is 6.66. The number of hydrogen-bond acceptors (Lipinski definition) is 5. The summed E-state index contributed by atoms with van der Waals surface area (Å²) in [5.74, 6) is 1.40. The van der Waals surface area contributed by atoms with E-state index in [9.17, 15) is 0 Å². The number of rotatable bonds is 6. The highest BCUT2D eigenvalue weighted by molar-refractivity contribution is 5.09. The molecule has 0 radical (unpaired) electrons. The number of hydrogen-bond donors (Lipinski definition) is 0. The van der Waals surface area contributed by atoms with Crippen LogP contribution in [0.1, 0.15) is 24.8 Å². The highest BCUT2D eigenvalue weighted by atomic mass is 16.5. The Morgan fingerprint density at radius 3 is 3.04 bits per heavy atom. The summed E-state index contributed by atoms with van der Waals surface area (Å²) >= 11 is 0. The van der Waals surface area contributed by atoms with Gasteiger partial charge in [0.2, 0.25) is 5.88 Å². The van der Waals surface area contributed by atoms with E-state index in [0.717, 1.165) is 58.0 Å². The smallest absolute Gasteiger partial charge is 0.213 e. The van der Waals surface area contributed by atoms with Gasteiger partial charge in [-0.25, -0.2) is 4.98 Å². The summed E-state index contributed by atoms with van der Waals surface area (Å²) < 4.78 is 13.8. The summed E-state index contributed by atoms with van der Waals surface area (Å²) in [5, 5.41) is 4.24. The van der Waals surface area contributed by atoms with Crippen molar-refractivity contribution >= 4 is 0 Å². The molecule has 1 spiro atoms. The molecule has 1 atom stereocenters. The van der Waals surface area contributed by atoms with E-state index in [1.54, 1.807) is 6.20 Å². The molecule has 6 nitrogen and oxygen atoms in total. The van der Waals surface area contributed by atoms with Crippen molar-refractivity contribution in [3.8, 4) is 5.88 Å². The van der Waals surface area contributed by atoms with Gasteiger partial charge in [-0.1, -0.05) is 6.07 Å². The molecule has 0 aliphatic carbocycles. The zero-order chi connectivity index (χ0) is 17.1. The van der Waals surface area contributed by atoms with Gasteiger partial charge >= 0.3 is 0 Å². The van der Waals surface area contributed by atoms with Crippen LogP contribution in [0.25, 0.3) is 0 Å². The minimum Gasteiger partial charge on any atom is -0.478 e. The van der Waals surface area contributed by atoms with Gasteiger partial charge in [0.1, 0.15) is 0 Å². The SMILES string of the molecule is Cn1cc(CN2CC3(C[C@@H](CCOc4ccccn4)CCO3)C2)cn1. The van der Waals surface area contributed by atoms with Gasteiger partial charge in [-0.15, -0.1) is 0 Å². The van der Waals surface area contributed by atoms with E-state index in [0.29, 0.717) is 5.92 Å². The molecule has 0 N–H and O–H groups in total. The molecule has 2 fully saturated rings. The van der Waals surface area contributed by atoms with Crippen molar-refractivity contribution in [2.24, 2.45) is 13.0 Å². The maximum Gasteiger partial charge on any atom is 0.213 e. The van der Waals surface area contributed by atoms with Crippen molar-refractivity contribution < 1.29 is 9.47 Å². The van der Waals surface area contributed by atoms with E-state index in [1.807, 2.05) is 36.1 Å². The summed E-state index contributed by atoms with van der Waals surface area (Å²) in [7, 11) is 1.96. The molecular formula is C19H26N4O2. The Bertz CT molecular complexity index is 682. The molecule has 0 saturated carbocycles. The lowest BCUT2D eigenvalue weighted by Gasteiger charge is -2.53. The minimum atomic E-state index is 0.0656. The molecule has 25 heavy (non-hydrogen) atoms. The van der Waals surface area contributed by atoms with E-state index in [2.05, 4.69) is 21.2 Å².